The maximum Gasteiger partial charge on any atom is 0.327 e. The molecule has 1 rings (SSSR count). The highest BCUT2D eigenvalue weighted by Crippen LogP contribution is 2.36. The van der Waals surface area contributed by atoms with E-state index in [0.29, 0.717) is 0 Å². The molecule has 0 aliphatic carbocycles. The first kappa shape index (κ1) is 21.3. The van der Waals surface area contributed by atoms with Gasteiger partial charge in [-0.2, -0.15) is 0 Å². The number of aliphatic carboxylic acids is 1. The summed E-state index contributed by atoms with van der Waals surface area (Å²) in [6, 6.07) is 0.938. The third-order valence-corrected chi connectivity index (χ3v) is 4.26. The Kier molecular flexibility index (Phi) is 7.46. The molecular formula is C14H18N4O7S. The van der Waals surface area contributed by atoms with Gasteiger partial charge in [0, 0.05) is 24.8 Å². The van der Waals surface area contributed by atoms with Gasteiger partial charge in [-0.1, -0.05) is 0 Å². The number of nitro groups is 2. The zero-order valence-corrected chi connectivity index (χ0v) is 15.1. The van der Waals surface area contributed by atoms with E-state index in [1.807, 2.05) is 0 Å². The number of carbonyl (C=O) groups is 2. The average Bonchev–Trinajstić information content (AvgIpc) is 2.49. The molecule has 0 bridgehead atoms. The number of carboxylic acids is 1. The van der Waals surface area contributed by atoms with Crippen molar-refractivity contribution in [2.45, 2.75) is 24.4 Å². The van der Waals surface area contributed by atoms with E-state index < -0.39 is 33.5 Å². The molecule has 26 heavy (non-hydrogen) atoms. The molecule has 11 nitrogen and oxygen atoms in total. The standard InChI is InChI=1S/C14H18N4O7S/c1-8(19)15-10(14(20)21)7-26-13-4-9(6-16(2)3)11(17(22)23)5-12(13)18(24)25/h4-5,10H,6-7H2,1-3H3,(H,15,19)(H,20,21)/t10-/m0/s1. The molecule has 0 radical (unpaired) electrons. The fraction of sp³-hybridized carbons (Fsp3) is 0.429. The van der Waals surface area contributed by atoms with Crippen molar-refractivity contribution in [3.8, 4) is 0 Å². The molecule has 0 aliphatic rings. The summed E-state index contributed by atoms with van der Waals surface area (Å²) in [5.41, 5.74) is -0.609. The Morgan fingerprint density at radius 1 is 1.23 bits per heavy atom. The second-order valence-corrected chi connectivity index (χ2v) is 6.66. The molecule has 1 aromatic rings. The van der Waals surface area contributed by atoms with Crippen molar-refractivity contribution >= 4 is 35.0 Å². The Morgan fingerprint density at radius 3 is 2.23 bits per heavy atom. The molecule has 0 heterocycles. The first-order valence-electron chi connectivity index (χ1n) is 7.26. The summed E-state index contributed by atoms with van der Waals surface area (Å²) in [4.78, 5) is 45.0. The predicted molar refractivity (Wildman–Crippen MR) is 93.1 cm³/mol. The lowest BCUT2D eigenvalue weighted by Gasteiger charge is -2.14. The summed E-state index contributed by atoms with van der Waals surface area (Å²) in [6.07, 6.45) is 0. The minimum absolute atomic E-state index is 0.0917. The van der Waals surface area contributed by atoms with Gasteiger partial charge in [0.1, 0.15) is 6.04 Å². The van der Waals surface area contributed by atoms with Gasteiger partial charge >= 0.3 is 5.97 Å². The van der Waals surface area contributed by atoms with Crippen LogP contribution in [0.2, 0.25) is 0 Å². The van der Waals surface area contributed by atoms with Crippen LogP contribution in [-0.2, 0) is 16.1 Å². The van der Waals surface area contributed by atoms with Crippen molar-refractivity contribution in [1.29, 1.82) is 0 Å². The van der Waals surface area contributed by atoms with Crippen molar-refractivity contribution < 1.29 is 24.5 Å². The topological polar surface area (TPSA) is 156 Å². The van der Waals surface area contributed by atoms with Gasteiger partial charge in [0.2, 0.25) is 5.91 Å². The number of benzene rings is 1. The summed E-state index contributed by atoms with van der Waals surface area (Å²) >= 11 is 0.837. The Morgan fingerprint density at radius 2 is 1.81 bits per heavy atom. The smallest absolute Gasteiger partial charge is 0.327 e. The monoisotopic (exact) mass is 386 g/mol. The first-order chi connectivity index (χ1) is 12.0. The van der Waals surface area contributed by atoms with Gasteiger partial charge in [0.25, 0.3) is 11.4 Å². The number of nitrogens with one attached hydrogen (secondary N) is 1. The predicted octanol–water partition coefficient (Wildman–Crippen LogP) is 1.25. The van der Waals surface area contributed by atoms with E-state index in [2.05, 4.69) is 5.32 Å². The van der Waals surface area contributed by atoms with Crippen molar-refractivity contribution in [2.24, 2.45) is 0 Å². The largest absolute Gasteiger partial charge is 0.480 e. The van der Waals surface area contributed by atoms with Crippen LogP contribution in [0, 0.1) is 20.2 Å². The van der Waals surface area contributed by atoms with Gasteiger partial charge in [0.05, 0.1) is 20.8 Å². The average molecular weight is 386 g/mol. The molecule has 0 fully saturated rings. The molecule has 0 spiro atoms. The summed E-state index contributed by atoms with van der Waals surface area (Å²) in [6.45, 7) is 1.33. The molecular weight excluding hydrogens is 368 g/mol. The van der Waals surface area contributed by atoms with Gasteiger partial charge in [-0.25, -0.2) is 4.79 Å². The van der Waals surface area contributed by atoms with Crippen LogP contribution in [0.15, 0.2) is 17.0 Å². The van der Waals surface area contributed by atoms with Crippen LogP contribution in [0.4, 0.5) is 11.4 Å². The lowest BCUT2D eigenvalue weighted by molar-refractivity contribution is -0.396. The third-order valence-electron chi connectivity index (χ3n) is 3.12. The SMILES string of the molecule is CC(=O)N[C@@H](CSc1cc(CN(C)C)c([N+](=O)[O-])cc1[N+](=O)[O-])C(=O)O. The molecule has 1 atom stereocenters. The van der Waals surface area contributed by atoms with E-state index in [9.17, 15) is 29.8 Å². The normalized spacial score (nSPS) is 11.8. The van der Waals surface area contributed by atoms with E-state index in [1.165, 1.54) is 6.07 Å². The van der Waals surface area contributed by atoms with Crippen LogP contribution >= 0.6 is 11.8 Å². The Bertz CT molecular complexity index is 738. The number of amides is 1. The van der Waals surface area contributed by atoms with Crippen LogP contribution in [0.5, 0.6) is 0 Å². The molecule has 0 aromatic heterocycles. The molecule has 1 aromatic carbocycles. The number of carbonyl (C=O) groups excluding carboxylic acids is 1. The van der Waals surface area contributed by atoms with E-state index in [1.54, 1.807) is 19.0 Å². The van der Waals surface area contributed by atoms with Gasteiger partial charge in [0.15, 0.2) is 0 Å². The van der Waals surface area contributed by atoms with Crippen molar-refractivity contribution in [2.75, 3.05) is 19.8 Å². The third kappa shape index (κ3) is 5.97. The van der Waals surface area contributed by atoms with Crippen LogP contribution < -0.4 is 5.32 Å². The van der Waals surface area contributed by atoms with Gasteiger partial charge in [-0.15, -0.1) is 11.8 Å². The van der Waals surface area contributed by atoms with E-state index in [4.69, 9.17) is 5.11 Å². The highest BCUT2D eigenvalue weighted by Gasteiger charge is 2.27. The fourth-order valence-electron chi connectivity index (χ4n) is 2.09. The summed E-state index contributed by atoms with van der Waals surface area (Å²) < 4.78 is 0. The molecule has 1 amide bonds. The van der Waals surface area contributed by atoms with Gasteiger partial charge < -0.3 is 15.3 Å². The molecule has 2 N–H and O–H groups in total. The van der Waals surface area contributed by atoms with Gasteiger partial charge in [-0.05, 0) is 20.2 Å². The maximum absolute atomic E-state index is 11.3. The number of thioether (sulfide) groups is 1. The zero-order chi connectivity index (χ0) is 20.0. The second kappa shape index (κ2) is 9.10. The van der Waals surface area contributed by atoms with Gasteiger partial charge in [-0.3, -0.25) is 25.0 Å². The molecule has 142 valence electrons. The Hall–Kier alpha value is -2.73. The van der Waals surface area contributed by atoms with E-state index in [-0.39, 0.29) is 28.4 Å². The van der Waals surface area contributed by atoms with E-state index in [0.717, 1.165) is 24.8 Å². The number of hydrogen-bond donors (Lipinski definition) is 2. The Balaban J connectivity index is 3.26. The van der Waals surface area contributed by atoms with Crippen LogP contribution in [0.3, 0.4) is 0 Å². The molecule has 12 heteroatoms. The number of carboxylic acid groups (broad SMARTS) is 1. The minimum Gasteiger partial charge on any atom is -0.480 e. The molecule has 0 unspecified atom stereocenters. The lowest BCUT2D eigenvalue weighted by Crippen LogP contribution is -2.41. The van der Waals surface area contributed by atoms with E-state index >= 15 is 0 Å². The van der Waals surface area contributed by atoms with Crippen LogP contribution in [-0.4, -0.2) is 57.6 Å². The first-order valence-corrected chi connectivity index (χ1v) is 8.24. The molecule has 0 saturated heterocycles. The van der Waals surface area contributed by atoms with Crippen LogP contribution in [0.1, 0.15) is 12.5 Å². The zero-order valence-electron chi connectivity index (χ0n) is 14.3. The molecule has 0 saturated carbocycles. The minimum atomic E-state index is -1.29. The Labute approximate surface area is 152 Å². The number of nitro benzene ring substituents is 2. The highest BCUT2D eigenvalue weighted by atomic mass is 32.2. The highest BCUT2D eigenvalue weighted by molar-refractivity contribution is 7.99. The van der Waals surface area contributed by atoms with Crippen molar-refractivity contribution in [3.63, 3.8) is 0 Å². The maximum atomic E-state index is 11.3. The summed E-state index contributed by atoms with van der Waals surface area (Å²) in [5, 5.41) is 33.8. The van der Waals surface area contributed by atoms with Crippen molar-refractivity contribution in [1.82, 2.24) is 10.2 Å². The lowest BCUT2D eigenvalue weighted by atomic mass is 10.1. The van der Waals surface area contributed by atoms with Crippen molar-refractivity contribution in [3.05, 3.63) is 37.9 Å². The van der Waals surface area contributed by atoms with Crippen LogP contribution in [0.25, 0.3) is 0 Å². The summed E-state index contributed by atoms with van der Waals surface area (Å²) in [7, 11) is 3.38. The number of rotatable bonds is 9. The fourth-order valence-corrected chi connectivity index (χ4v) is 3.17. The summed E-state index contributed by atoms with van der Waals surface area (Å²) in [5.74, 6) is -2.01. The second-order valence-electron chi connectivity index (χ2n) is 5.60. The molecule has 0 aliphatic heterocycles. The number of nitrogens with zero attached hydrogens (tertiary/aromatic N) is 3. The number of hydrogen-bond acceptors (Lipinski definition) is 8. The quantitative estimate of drug-likeness (QED) is 0.362.